The Balaban J connectivity index is 2.19. The predicted molar refractivity (Wildman–Crippen MR) is 67.1 cm³/mol. The second-order valence-electron chi connectivity index (χ2n) is 5.52. The first-order chi connectivity index (χ1) is 8.11. The number of nitrogens with zero attached hydrogens (tertiary/aromatic N) is 2. The van der Waals surface area contributed by atoms with Crippen LogP contribution in [-0.2, 0) is 4.79 Å². The van der Waals surface area contributed by atoms with Crippen molar-refractivity contribution in [3.8, 4) is 0 Å². The Morgan fingerprint density at radius 1 is 1.35 bits per heavy atom. The number of hydrogen-bond acceptors (Lipinski definition) is 3. The van der Waals surface area contributed by atoms with E-state index in [-0.39, 0.29) is 0 Å². The van der Waals surface area contributed by atoms with Gasteiger partial charge in [0.25, 0.3) is 0 Å². The molecule has 1 aliphatic carbocycles. The third kappa shape index (κ3) is 2.08. The molecule has 0 aromatic carbocycles. The largest absolute Gasteiger partial charge is 0.480 e. The fourth-order valence-electron chi connectivity index (χ4n) is 3.64. The van der Waals surface area contributed by atoms with Crippen LogP contribution in [0.15, 0.2) is 0 Å². The van der Waals surface area contributed by atoms with Crippen LogP contribution in [-0.4, -0.2) is 59.6 Å². The molecule has 2 fully saturated rings. The Morgan fingerprint density at radius 3 is 2.53 bits per heavy atom. The molecule has 4 heteroatoms. The van der Waals surface area contributed by atoms with Crippen LogP contribution in [0, 0.1) is 5.92 Å². The normalized spacial score (nSPS) is 36.2. The summed E-state index contributed by atoms with van der Waals surface area (Å²) < 4.78 is 0. The van der Waals surface area contributed by atoms with Gasteiger partial charge in [0.15, 0.2) is 0 Å². The molecule has 98 valence electrons. The van der Waals surface area contributed by atoms with Crippen molar-refractivity contribution in [2.45, 2.75) is 38.1 Å². The highest BCUT2D eigenvalue weighted by Crippen LogP contribution is 2.42. The molecular weight excluding hydrogens is 216 g/mol. The Bertz CT molecular complexity index is 287. The van der Waals surface area contributed by atoms with Crippen LogP contribution in [0.3, 0.4) is 0 Å². The highest BCUT2D eigenvalue weighted by Gasteiger charge is 2.52. The van der Waals surface area contributed by atoms with Crippen LogP contribution in [0.25, 0.3) is 0 Å². The summed E-state index contributed by atoms with van der Waals surface area (Å²) in [6, 6.07) is 0. The number of piperazine rings is 1. The lowest BCUT2D eigenvalue weighted by Crippen LogP contribution is -2.62. The van der Waals surface area contributed by atoms with Gasteiger partial charge < -0.3 is 10.0 Å². The van der Waals surface area contributed by atoms with Crippen LogP contribution in [0.5, 0.6) is 0 Å². The van der Waals surface area contributed by atoms with Crippen molar-refractivity contribution in [1.29, 1.82) is 0 Å². The van der Waals surface area contributed by atoms with Crippen LogP contribution < -0.4 is 0 Å². The number of carboxylic acids is 1. The van der Waals surface area contributed by atoms with Gasteiger partial charge in [0.2, 0.25) is 0 Å². The molecule has 1 N–H and O–H groups in total. The van der Waals surface area contributed by atoms with E-state index in [1.807, 2.05) is 0 Å². The maximum Gasteiger partial charge on any atom is 0.324 e. The van der Waals surface area contributed by atoms with Crippen LogP contribution in [0.4, 0.5) is 0 Å². The van der Waals surface area contributed by atoms with Crippen LogP contribution >= 0.6 is 0 Å². The van der Waals surface area contributed by atoms with E-state index >= 15 is 0 Å². The fraction of sp³-hybridized carbons (Fsp3) is 0.923. The summed E-state index contributed by atoms with van der Waals surface area (Å²) in [4.78, 5) is 16.3. The minimum Gasteiger partial charge on any atom is -0.480 e. The first-order valence-corrected chi connectivity index (χ1v) is 6.78. The molecular formula is C13H24N2O2. The van der Waals surface area contributed by atoms with E-state index in [1.165, 1.54) is 0 Å². The first kappa shape index (κ1) is 12.8. The Hall–Kier alpha value is -0.610. The lowest BCUT2D eigenvalue weighted by molar-refractivity contribution is -0.156. The van der Waals surface area contributed by atoms with E-state index in [2.05, 4.69) is 23.8 Å². The standard InChI is InChI=1S/C13H24N2O2/c1-3-11-5-4-6-13(11,12(16)17)15-9-7-14(2)8-10-15/h11H,3-10H2,1-2H3,(H,16,17). The van der Waals surface area contributed by atoms with Gasteiger partial charge >= 0.3 is 5.97 Å². The molecule has 0 aromatic heterocycles. The minimum absolute atomic E-state index is 0.336. The number of aliphatic carboxylic acids is 1. The van der Waals surface area contributed by atoms with Crippen LogP contribution in [0.2, 0.25) is 0 Å². The molecule has 1 heterocycles. The van der Waals surface area contributed by atoms with Gasteiger partial charge in [-0.3, -0.25) is 9.69 Å². The summed E-state index contributed by atoms with van der Waals surface area (Å²) in [7, 11) is 2.11. The molecule has 2 unspecified atom stereocenters. The van der Waals surface area contributed by atoms with Crippen molar-refractivity contribution >= 4 is 5.97 Å². The number of carboxylic acid groups (broad SMARTS) is 1. The van der Waals surface area contributed by atoms with Gasteiger partial charge in [-0.25, -0.2) is 0 Å². The molecule has 0 amide bonds. The lowest BCUT2D eigenvalue weighted by Gasteiger charge is -2.45. The van der Waals surface area contributed by atoms with E-state index in [0.717, 1.165) is 51.9 Å². The predicted octanol–water partition coefficient (Wildman–Crippen LogP) is 1.27. The number of carbonyl (C=O) groups is 1. The molecule has 0 bridgehead atoms. The molecule has 17 heavy (non-hydrogen) atoms. The smallest absolute Gasteiger partial charge is 0.324 e. The zero-order valence-corrected chi connectivity index (χ0v) is 11.0. The average molecular weight is 240 g/mol. The summed E-state index contributed by atoms with van der Waals surface area (Å²) >= 11 is 0. The number of rotatable bonds is 3. The highest BCUT2D eigenvalue weighted by atomic mass is 16.4. The monoisotopic (exact) mass is 240 g/mol. The molecule has 0 radical (unpaired) electrons. The third-order valence-corrected chi connectivity index (χ3v) is 4.72. The van der Waals surface area contributed by atoms with Gasteiger partial charge in [0.05, 0.1) is 0 Å². The second kappa shape index (κ2) is 4.94. The quantitative estimate of drug-likeness (QED) is 0.807. The Kier molecular flexibility index (Phi) is 3.73. The SMILES string of the molecule is CCC1CCCC1(C(=O)O)N1CCN(C)CC1. The Morgan fingerprint density at radius 2 is 2.00 bits per heavy atom. The summed E-state index contributed by atoms with van der Waals surface area (Å²) in [5, 5.41) is 9.73. The van der Waals surface area contributed by atoms with Crippen LogP contribution in [0.1, 0.15) is 32.6 Å². The van der Waals surface area contributed by atoms with E-state index in [0.29, 0.717) is 5.92 Å². The molecule has 0 aromatic rings. The van der Waals surface area contributed by atoms with E-state index < -0.39 is 11.5 Å². The zero-order chi connectivity index (χ0) is 12.5. The summed E-state index contributed by atoms with van der Waals surface area (Å²) in [6.45, 7) is 5.92. The van der Waals surface area contributed by atoms with E-state index in [4.69, 9.17) is 0 Å². The van der Waals surface area contributed by atoms with Crippen molar-refractivity contribution in [2.24, 2.45) is 5.92 Å². The summed E-state index contributed by atoms with van der Waals surface area (Å²) in [6.07, 6.45) is 3.97. The van der Waals surface area contributed by atoms with Gasteiger partial charge in [-0.1, -0.05) is 19.8 Å². The minimum atomic E-state index is -0.591. The third-order valence-electron chi connectivity index (χ3n) is 4.72. The maximum absolute atomic E-state index is 11.8. The molecule has 0 spiro atoms. The van der Waals surface area contributed by atoms with E-state index in [9.17, 15) is 9.90 Å². The van der Waals surface area contributed by atoms with Crippen molar-refractivity contribution in [3.63, 3.8) is 0 Å². The zero-order valence-electron chi connectivity index (χ0n) is 11.0. The first-order valence-electron chi connectivity index (χ1n) is 6.78. The topological polar surface area (TPSA) is 43.8 Å². The summed E-state index contributed by atoms with van der Waals surface area (Å²) in [5.41, 5.74) is -0.560. The number of hydrogen-bond donors (Lipinski definition) is 1. The number of likely N-dealkylation sites (N-methyl/N-ethyl adjacent to an activating group) is 1. The van der Waals surface area contributed by atoms with Crippen molar-refractivity contribution < 1.29 is 9.90 Å². The van der Waals surface area contributed by atoms with Crippen molar-refractivity contribution in [3.05, 3.63) is 0 Å². The van der Waals surface area contributed by atoms with Crippen molar-refractivity contribution in [2.75, 3.05) is 33.2 Å². The maximum atomic E-state index is 11.8. The molecule has 1 saturated carbocycles. The average Bonchev–Trinajstić information content (AvgIpc) is 2.74. The van der Waals surface area contributed by atoms with E-state index in [1.54, 1.807) is 0 Å². The van der Waals surface area contributed by atoms with Gasteiger partial charge in [-0.15, -0.1) is 0 Å². The Labute approximate surface area is 104 Å². The molecule has 4 nitrogen and oxygen atoms in total. The van der Waals surface area contributed by atoms with Gasteiger partial charge in [-0.05, 0) is 25.8 Å². The fourth-order valence-corrected chi connectivity index (χ4v) is 3.64. The highest BCUT2D eigenvalue weighted by molar-refractivity contribution is 5.79. The lowest BCUT2D eigenvalue weighted by atomic mass is 9.83. The van der Waals surface area contributed by atoms with Gasteiger partial charge in [0.1, 0.15) is 5.54 Å². The molecule has 2 aliphatic rings. The second-order valence-corrected chi connectivity index (χ2v) is 5.52. The van der Waals surface area contributed by atoms with Gasteiger partial charge in [0, 0.05) is 26.2 Å². The summed E-state index contributed by atoms with van der Waals surface area (Å²) in [5.74, 6) is -0.255. The molecule has 2 atom stereocenters. The molecule has 2 rings (SSSR count). The van der Waals surface area contributed by atoms with Crippen molar-refractivity contribution in [1.82, 2.24) is 9.80 Å². The molecule has 1 aliphatic heterocycles. The molecule has 1 saturated heterocycles. The van der Waals surface area contributed by atoms with Gasteiger partial charge in [-0.2, -0.15) is 0 Å².